The fraction of sp³-hybridized carbons (Fsp3) is 0.533. The Morgan fingerprint density at radius 2 is 2.13 bits per heavy atom. The van der Waals surface area contributed by atoms with Crippen LogP contribution in [0.4, 0.5) is 4.79 Å². The molecule has 0 spiro atoms. The van der Waals surface area contributed by atoms with Gasteiger partial charge in [0.05, 0.1) is 13.2 Å². The lowest BCUT2D eigenvalue weighted by atomic mass is 10.1. The summed E-state index contributed by atoms with van der Waals surface area (Å²) in [6.45, 7) is 0.650. The molecule has 0 bridgehead atoms. The van der Waals surface area contributed by atoms with E-state index in [2.05, 4.69) is 5.32 Å². The van der Waals surface area contributed by atoms with E-state index in [1.54, 1.807) is 11.0 Å². The molecule has 2 aliphatic rings. The van der Waals surface area contributed by atoms with Crippen LogP contribution >= 0.6 is 11.3 Å². The van der Waals surface area contributed by atoms with Gasteiger partial charge in [-0.1, -0.05) is 0 Å². The molecule has 1 saturated carbocycles. The number of thiophene rings is 1. The van der Waals surface area contributed by atoms with Gasteiger partial charge in [0.2, 0.25) is 5.91 Å². The zero-order chi connectivity index (χ0) is 16.6. The lowest BCUT2D eigenvalue weighted by Crippen LogP contribution is -2.51. The number of likely N-dealkylation sites (tertiary alicyclic amines) is 1. The van der Waals surface area contributed by atoms with E-state index in [0.717, 1.165) is 17.7 Å². The molecule has 1 saturated heterocycles. The van der Waals surface area contributed by atoms with Gasteiger partial charge in [-0.3, -0.25) is 4.79 Å². The van der Waals surface area contributed by atoms with E-state index in [1.807, 2.05) is 6.07 Å². The topological polar surface area (TPSA) is 102 Å². The molecule has 3 rings (SSSR count). The van der Waals surface area contributed by atoms with E-state index in [-0.39, 0.29) is 17.9 Å². The van der Waals surface area contributed by atoms with E-state index in [0.29, 0.717) is 24.3 Å². The summed E-state index contributed by atoms with van der Waals surface area (Å²) in [4.78, 5) is 38.8. The van der Waals surface area contributed by atoms with Crippen molar-refractivity contribution in [3.63, 3.8) is 0 Å². The molecule has 8 heteroatoms. The molecule has 1 aliphatic carbocycles. The number of nitrogens with one attached hydrogen (secondary N) is 1. The molecule has 1 aromatic heterocycles. The molecule has 1 unspecified atom stereocenters. The average molecular weight is 337 g/mol. The number of amides is 3. The van der Waals surface area contributed by atoms with Gasteiger partial charge >= 0.3 is 12.0 Å². The van der Waals surface area contributed by atoms with Gasteiger partial charge in [0, 0.05) is 11.4 Å². The van der Waals surface area contributed by atoms with Crippen LogP contribution in [0.15, 0.2) is 12.1 Å². The van der Waals surface area contributed by atoms with Gasteiger partial charge in [0.25, 0.3) is 0 Å². The highest BCUT2D eigenvalue weighted by molar-refractivity contribution is 7.14. The first-order valence-corrected chi connectivity index (χ1v) is 8.35. The van der Waals surface area contributed by atoms with Crippen LogP contribution in [0, 0.1) is 0 Å². The van der Waals surface area contributed by atoms with Crippen LogP contribution in [0.3, 0.4) is 0 Å². The van der Waals surface area contributed by atoms with Crippen molar-refractivity contribution < 1.29 is 19.1 Å². The second-order valence-electron chi connectivity index (χ2n) is 5.92. The smallest absolute Gasteiger partial charge is 0.348 e. The fourth-order valence-electron chi connectivity index (χ4n) is 3.08. The molecule has 3 N–H and O–H groups in total. The molecule has 124 valence electrons. The Morgan fingerprint density at radius 3 is 2.74 bits per heavy atom. The van der Waals surface area contributed by atoms with Crippen LogP contribution in [-0.4, -0.2) is 42.0 Å². The van der Waals surface area contributed by atoms with Crippen molar-refractivity contribution in [2.24, 2.45) is 5.73 Å². The Balaban J connectivity index is 1.78. The number of esters is 1. The Kier molecular flexibility index (Phi) is 4.01. The molecule has 2 fully saturated rings. The summed E-state index contributed by atoms with van der Waals surface area (Å²) in [5.41, 5.74) is 4.36. The number of hydrogen-bond donors (Lipinski definition) is 2. The Bertz CT molecular complexity index is 653. The maximum absolute atomic E-state index is 12.8. The summed E-state index contributed by atoms with van der Waals surface area (Å²) in [6.07, 6.45) is 2.99. The van der Waals surface area contributed by atoms with Crippen molar-refractivity contribution in [2.75, 3.05) is 13.7 Å². The summed E-state index contributed by atoms with van der Waals surface area (Å²) in [7, 11) is 1.35. The third-order valence-electron chi connectivity index (χ3n) is 4.38. The van der Waals surface area contributed by atoms with Crippen molar-refractivity contribution in [3.8, 4) is 0 Å². The summed E-state index contributed by atoms with van der Waals surface area (Å²) < 4.78 is 4.72. The molecular weight excluding hydrogens is 318 g/mol. The number of rotatable bonds is 4. The zero-order valence-corrected chi connectivity index (χ0v) is 13.6. The van der Waals surface area contributed by atoms with Gasteiger partial charge < -0.3 is 20.7 Å². The summed E-state index contributed by atoms with van der Waals surface area (Å²) in [5.74, 6) is -0.446. The third kappa shape index (κ3) is 2.90. The Morgan fingerprint density at radius 1 is 1.39 bits per heavy atom. The highest BCUT2D eigenvalue weighted by Gasteiger charge is 2.54. The molecule has 0 aromatic carbocycles. The minimum absolute atomic E-state index is 0.0574. The highest BCUT2D eigenvalue weighted by atomic mass is 32.1. The number of carbonyl (C=O) groups is 3. The number of nitrogens with zero attached hydrogens (tertiary/aromatic N) is 1. The summed E-state index contributed by atoms with van der Waals surface area (Å²) in [6, 6.07) is 2.86. The van der Waals surface area contributed by atoms with Crippen LogP contribution in [0.1, 0.15) is 46.3 Å². The Labute approximate surface area is 137 Å². The van der Waals surface area contributed by atoms with Crippen molar-refractivity contribution in [1.29, 1.82) is 0 Å². The molecule has 2 heterocycles. The van der Waals surface area contributed by atoms with E-state index < -0.39 is 11.6 Å². The second kappa shape index (κ2) is 5.84. The van der Waals surface area contributed by atoms with Gasteiger partial charge in [-0.15, -0.1) is 11.3 Å². The molecule has 23 heavy (non-hydrogen) atoms. The molecular formula is C15H19N3O4S. The van der Waals surface area contributed by atoms with Gasteiger partial charge in [-0.05, 0) is 37.8 Å². The lowest BCUT2D eigenvalue weighted by Gasteiger charge is -2.28. The molecule has 7 nitrogen and oxygen atoms in total. The number of carbonyl (C=O) groups excluding carboxylic acids is 3. The molecule has 1 atom stereocenters. The van der Waals surface area contributed by atoms with Crippen molar-refractivity contribution in [2.45, 2.75) is 37.3 Å². The van der Waals surface area contributed by atoms with Crippen LogP contribution in [0.25, 0.3) is 0 Å². The SMILES string of the molecule is COC(=O)c1ccc(C2CCCN2C(=O)C2(NC(N)=O)CC2)s1. The standard InChI is InChI=1S/C15H19N3O4S/c1-22-12(19)11-5-4-10(23-11)9-3-2-8-18(9)13(20)15(6-7-15)17-14(16)21/h4-5,9H,2-3,6-8H2,1H3,(H3,16,17,21). The predicted molar refractivity (Wildman–Crippen MR) is 84.0 cm³/mol. The first-order chi connectivity index (χ1) is 11.0. The van der Waals surface area contributed by atoms with E-state index in [9.17, 15) is 14.4 Å². The van der Waals surface area contributed by atoms with E-state index in [1.165, 1.54) is 18.4 Å². The average Bonchev–Trinajstić information content (AvgIpc) is 2.95. The van der Waals surface area contributed by atoms with Crippen LogP contribution in [0.5, 0.6) is 0 Å². The number of nitrogens with two attached hydrogens (primary N) is 1. The van der Waals surface area contributed by atoms with E-state index >= 15 is 0 Å². The predicted octanol–water partition coefficient (Wildman–Crippen LogP) is 1.40. The fourth-order valence-corrected chi connectivity index (χ4v) is 4.15. The molecule has 3 amide bonds. The van der Waals surface area contributed by atoms with Gasteiger partial charge in [0.1, 0.15) is 10.4 Å². The van der Waals surface area contributed by atoms with Crippen LogP contribution in [-0.2, 0) is 9.53 Å². The van der Waals surface area contributed by atoms with Crippen LogP contribution < -0.4 is 11.1 Å². The monoisotopic (exact) mass is 337 g/mol. The largest absolute Gasteiger partial charge is 0.465 e. The summed E-state index contributed by atoms with van der Waals surface area (Å²) in [5, 5.41) is 2.59. The van der Waals surface area contributed by atoms with Crippen molar-refractivity contribution >= 4 is 29.2 Å². The number of ether oxygens (including phenoxy) is 1. The second-order valence-corrected chi connectivity index (χ2v) is 7.04. The minimum atomic E-state index is -0.823. The van der Waals surface area contributed by atoms with Gasteiger partial charge in [-0.25, -0.2) is 9.59 Å². The number of hydrogen-bond acceptors (Lipinski definition) is 5. The Hall–Kier alpha value is -2.09. The maximum Gasteiger partial charge on any atom is 0.348 e. The van der Waals surface area contributed by atoms with Gasteiger partial charge in [-0.2, -0.15) is 0 Å². The molecule has 1 aliphatic heterocycles. The van der Waals surface area contributed by atoms with Crippen molar-refractivity contribution in [1.82, 2.24) is 10.2 Å². The molecule has 1 aromatic rings. The zero-order valence-electron chi connectivity index (χ0n) is 12.8. The molecule has 0 radical (unpaired) electrons. The van der Waals surface area contributed by atoms with Crippen molar-refractivity contribution in [3.05, 3.63) is 21.9 Å². The highest BCUT2D eigenvalue weighted by Crippen LogP contribution is 2.43. The first-order valence-electron chi connectivity index (χ1n) is 7.53. The third-order valence-corrected chi connectivity index (χ3v) is 5.54. The number of primary amides is 1. The number of urea groups is 1. The van der Waals surface area contributed by atoms with Gasteiger partial charge in [0.15, 0.2) is 0 Å². The maximum atomic E-state index is 12.8. The summed E-state index contributed by atoms with van der Waals surface area (Å²) >= 11 is 1.35. The van der Waals surface area contributed by atoms with Crippen LogP contribution in [0.2, 0.25) is 0 Å². The van der Waals surface area contributed by atoms with E-state index in [4.69, 9.17) is 10.5 Å². The quantitative estimate of drug-likeness (QED) is 0.811. The number of methoxy groups -OCH3 is 1. The minimum Gasteiger partial charge on any atom is -0.465 e. The lowest BCUT2D eigenvalue weighted by molar-refractivity contribution is -0.135. The normalized spacial score (nSPS) is 21.8. The first kappa shape index (κ1) is 15.8.